The number of H-pyrrole nitrogens is 1. The lowest BCUT2D eigenvalue weighted by Gasteiger charge is -2.10. The van der Waals surface area contributed by atoms with Crippen molar-refractivity contribution in [3.8, 4) is 0 Å². The lowest BCUT2D eigenvalue weighted by Crippen LogP contribution is -2.14. The second-order valence-corrected chi connectivity index (χ2v) is 5.89. The minimum Gasteiger partial charge on any atom is -0.304 e. The van der Waals surface area contributed by atoms with Crippen LogP contribution in [-0.4, -0.2) is 26.1 Å². The fourth-order valence-corrected chi connectivity index (χ4v) is 2.89. The molecule has 6 heteroatoms. The zero-order valence-corrected chi connectivity index (χ0v) is 12.8. The number of anilines is 1. The van der Waals surface area contributed by atoms with Gasteiger partial charge in [-0.25, -0.2) is 4.98 Å². The number of rotatable bonds is 3. The molecule has 0 bridgehead atoms. The van der Waals surface area contributed by atoms with Gasteiger partial charge in [-0.3, -0.25) is 14.9 Å². The van der Waals surface area contributed by atoms with E-state index in [-0.39, 0.29) is 5.91 Å². The molecule has 0 aromatic carbocycles. The van der Waals surface area contributed by atoms with Crippen molar-refractivity contribution in [1.82, 2.24) is 20.2 Å². The summed E-state index contributed by atoms with van der Waals surface area (Å²) in [5.74, 6) is 0.790. The number of aromatic nitrogens is 4. The van der Waals surface area contributed by atoms with Crippen molar-refractivity contribution in [2.24, 2.45) is 0 Å². The smallest absolute Gasteiger partial charge is 0.277 e. The number of nitrogens with zero attached hydrogens (tertiary/aromatic N) is 3. The van der Waals surface area contributed by atoms with Gasteiger partial charge in [0.25, 0.3) is 5.91 Å². The number of carbonyl (C=O) groups is 1. The molecule has 6 nitrogen and oxygen atoms in total. The highest BCUT2D eigenvalue weighted by Crippen LogP contribution is 2.31. The summed E-state index contributed by atoms with van der Waals surface area (Å²) < 4.78 is 0. The van der Waals surface area contributed by atoms with E-state index in [9.17, 15) is 4.79 Å². The number of aryl methyl sites for hydroxylation is 1. The summed E-state index contributed by atoms with van der Waals surface area (Å²) in [5.41, 5.74) is 2.20. The third-order valence-electron chi connectivity index (χ3n) is 4.15. The Morgan fingerprint density at radius 2 is 1.95 bits per heavy atom. The second kappa shape index (κ2) is 6.68. The molecule has 3 rings (SSSR count). The fourth-order valence-electron chi connectivity index (χ4n) is 2.89. The Balaban J connectivity index is 1.65. The average Bonchev–Trinajstić information content (AvgIpc) is 2.81. The maximum atomic E-state index is 12.1. The lowest BCUT2D eigenvalue weighted by molar-refractivity contribution is 0.102. The molecule has 1 saturated carbocycles. The predicted molar refractivity (Wildman–Crippen MR) is 83.8 cm³/mol. The van der Waals surface area contributed by atoms with Crippen molar-refractivity contribution in [3.05, 3.63) is 35.5 Å². The van der Waals surface area contributed by atoms with Crippen LogP contribution in [0.15, 0.2) is 18.5 Å². The molecule has 2 aromatic rings. The first-order valence-corrected chi connectivity index (χ1v) is 7.87. The van der Waals surface area contributed by atoms with E-state index in [1.807, 2.05) is 13.0 Å². The summed E-state index contributed by atoms with van der Waals surface area (Å²) in [5, 5.41) is 10.0. The first-order valence-electron chi connectivity index (χ1n) is 7.87. The molecule has 0 saturated heterocycles. The minimum atomic E-state index is -0.286. The first-order chi connectivity index (χ1) is 10.7. The molecule has 0 aliphatic heterocycles. The first kappa shape index (κ1) is 14.7. The van der Waals surface area contributed by atoms with Crippen molar-refractivity contribution in [2.75, 3.05) is 5.32 Å². The van der Waals surface area contributed by atoms with E-state index in [0.717, 1.165) is 11.4 Å². The summed E-state index contributed by atoms with van der Waals surface area (Å²) in [4.78, 5) is 20.2. The van der Waals surface area contributed by atoms with E-state index in [0.29, 0.717) is 17.4 Å². The van der Waals surface area contributed by atoms with Gasteiger partial charge in [0.1, 0.15) is 5.69 Å². The maximum Gasteiger partial charge on any atom is 0.277 e. The van der Waals surface area contributed by atoms with Crippen LogP contribution in [0.2, 0.25) is 0 Å². The summed E-state index contributed by atoms with van der Waals surface area (Å²) in [6.07, 6.45) is 10.6. The van der Waals surface area contributed by atoms with Gasteiger partial charge in [-0.2, -0.15) is 5.10 Å². The summed E-state index contributed by atoms with van der Waals surface area (Å²) >= 11 is 0. The topological polar surface area (TPSA) is 83.6 Å². The molecule has 0 unspecified atom stereocenters. The molecule has 1 amide bonds. The van der Waals surface area contributed by atoms with E-state index < -0.39 is 0 Å². The Morgan fingerprint density at radius 3 is 2.64 bits per heavy atom. The highest BCUT2D eigenvalue weighted by atomic mass is 16.2. The fraction of sp³-hybridized carbons (Fsp3) is 0.500. The van der Waals surface area contributed by atoms with Crippen LogP contribution in [-0.2, 0) is 0 Å². The molecule has 22 heavy (non-hydrogen) atoms. The molecule has 2 heterocycles. The molecule has 0 radical (unpaired) electrons. The Bertz CT molecular complexity index is 626. The number of amides is 1. The number of hydrogen-bond donors (Lipinski definition) is 2. The van der Waals surface area contributed by atoms with Crippen LogP contribution < -0.4 is 5.32 Å². The number of hydrogen-bond acceptors (Lipinski definition) is 4. The van der Waals surface area contributed by atoms with Crippen molar-refractivity contribution >= 4 is 11.7 Å². The molecule has 116 valence electrons. The monoisotopic (exact) mass is 299 g/mol. The third-order valence-corrected chi connectivity index (χ3v) is 4.15. The third kappa shape index (κ3) is 3.50. The van der Waals surface area contributed by atoms with E-state index >= 15 is 0 Å². The Kier molecular flexibility index (Phi) is 4.46. The van der Waals surface area contributed by atoms with Crippen LogP contribution in [0.5, 0.6) is 0 Å². The molecule has 1 aliphatic carbocycles. The largest absolute Gasteiger partial charge is 0.304 e. The molecule has 0 atom stereocenters. The zero-order chi connectivity index (χ0) is 15.4. The summed E-state index contributed by atoms with van der Waals surface area (Å²) in [6, 6.07) is 1.94. The Hall–Kier alpha value is -2.24. The number of carbonyl (C=O) groups excluding carboxylic acids is 1. The normalized spacial score (nSPS) is 16.2. The number of nitrogens with one attached hydrogen (secondary N) is 2. The van der Waals surface area contributed by atoms with Gasteiger partial charge < -0.3 is 5.32 Å². The van der Waals surface area contributed by atoms with Crippen LogP contribution in [0.1, 0.15) is 66.3 Å². The highest BCUT2D eigenvalue weighted by molar-refractivity contribution is 6.02. The van der Waals surface area contributed by atoms with Crippen molar-refractivity contribution in [2.45, 2.75) is 51.4 Å². The van der Waals surface area contributed by atoms with Crippen LogP contribution in [0.3, 0.4) is 0 Å². The second-order valence-electron chi connectivity index (χ2n) is 5.89. The molecule has 2 N–H and O–H groups in total. The van der Waals surface area contributed by atoms with Gasteiger partial charge in [-0.15, -0.1) is 0 Å². The van der Waals surface area contributed by atoms with Gasteiger partial charge in [0.05, 0.1) is 11.9 Å². The van der Waals surface area contributed by atoms with Gasteiger partial charge in [0, 0.05) is 23.9 Å². The molecular weight excluding hydrogens is 278 g/mol. The Labute approximate surface area is 129 Å². The summed E-state index contributed by atoms with van der Waals surface area (Å²) in [7, 11) is 0. The van der Waals surface area contributed by atoms with Crippen LogP contribution in [0.25, 0.3) is 0 Å². The predicted octanol–water partition coefficient (Wildman–Crippen LogP) is 3.20. The molecule has 1 aliphatic rings. The van der Waals surface area contributed by atoms with Crippen LogP contribution in [0, 0.1) is 6.92 Å². The van der Waals surface area contributed by atoms with Gasteiger partial charge >= 0.3 is 0 Å². The van der Waals surface area contributed by atoms with Gasteiger partial charge in [0.15, 0.2) is 5.82 Å². The molecule has 1 fully saturated rings. The van der Waals surface area contributed by atoms with E-state index in [4.69, 9.17) is 0 Å². The van der Waals surface area contributed by atoms with Crippen molar-refractivity contribution < 1.29 is 4.79 Å². The Morgan fingerprint density at radius 1 is 1.18 bits per heavy atom. The SMILES string of the molecule is Cc1cnc(C(=O)Nc2cc(C3CCCCCC3)[nH]n2)cn1. The van der Waals surface area contributed by atoms with Crippen LogP contribution in [0.4, 0.5) is 5.82 Å². The van der Waals surface area contributed by atoms with E-state index in [2.05, 4.69) is 25.5 Å². The highest BCUT2D eigenvalue weighted by Gasteiger charge is 2.17. The minimum absolute atomic E-state index is 0.286. The van der Waals surface area contributed by atoms with E-state index in [1.165, 1.54) is 44.7 Å². The standard InChI is InChI=1S/C16H21N5O/c1-11-9-18-14(10-17-11)16(22)19-15-8-13(20-21-15)12-6-4-2-3-5-7-12/h8-10,12H,2-7H2,1H3,(H2,19,20,21,22). The quantitative estimate of drug-likeness (QED) is 0.852. The van der Waals surface area contributed by atoms with Crippen LogP contribution >= 0.6 is 0 Å². The lowest BCUT2D eigenvalue weighted by atomic mass is 9.97. The summed E-state index contributed by atoms with van der Waals surface area (Å²) in [6.45, 7) is 1.83. The van der Waals surface area contributed by atoms with Gasteiger partial charge in [-0.05, 0) is 19.8 Å². The van der Waals surface area contributed by atoms with Crippen molar-refractivity contribution in [3.63, 3.8) is 0 Å². The maximum absolute atomic E-state index is 12.1. The molecule has 2 aromatic heterocycles. The molecule has 0 spiro atoms. The van der Waals surface area contributed by atoms with E-state index in [1.54, 1.807) is 6.20 Å². The zero-order valence-electron chi connectivity index (χ0n) is 12.8. The van der Waals surface area contributed by atoms with Gasteiger partial charge in [0.2, 0.25) is 0 Å². The molecular formula is C16H21N5O. The number of aromatic amines is 1. The average molecular weight is 299 g/mol. The van der Waals surface area contributed by atoms with Crippen molar-refractivity contribution in [1.29, 1.82) is 0 Å². The van der Waals surface area contributed by atoms with Gasteiger partial charge in [-0.1, -0.05) is 25.7 Å².